The molecule has 1 aromatic rings. The van der Waals surface area contributed by atoms with E-state index in [1.165, 1.54) is 12.1 Å². The summed E-state index contributed by atoms with van der Waals surface area (Å²) in [5, 5.41) is 26.3. The maximum Gasteiger partial charge on any atom is 0.505 e. The zero-order chi connectivity index (χ0) is 10.6. The Morgan fingerprint density at radius 1 is 1.29 bits per heavy atom. The van der Waals surface area contributed by atoms with Gasteiger partial charge in [0.1, 0.15) is 0 Å². The standard InChI is InChI=1S/C9H10O5/c10-7-2-1-6(5-8(7)11)3-4-14-9(12)13/h1-2,5,10-11H,3-4H2,(H,12,13). The fraction of sp³-hybridized carbons (Fsp3) is 0.222. The summed E-state index contributed by atoms with van der Waals surface area (Å²) in [6.07, 6.45) is -0.965. The first-order valence-corrected chi connectivity index (χ1v) is 3.96. The van der Waals surface area contributed by atoms with Gasteiger partial charge in [-0.2, -0.15) is 0 Å². The number of benzene rings is 1. The lowest BCUT2D eigenvalue weighted by Gasteiger charge is -2.03. The molecule has 1 aromatic carbocycles. The van der Waals surface area contributed by atoms with Crippen LogP contribution in [0.2, 0.25) is 0 Å². The summed E-state index contributed by atoms with van der Waals surface area (Å²) in [5.41, 5.74) is 0.696. The molecule has 1 rings (SSSR count). The number of rotatable bonds is 3. The number of hydrogen-bond donors (Lipinski definition) is 3. The third-order valence-corrected chi connectivity index (χ3v) is 1.66. The zero-order valence-electron chi connectivity index (χ0n) is 7.30. The highest BCUT2D eigenvalue weighted by Gasteiger charge is 2.02. The predicted octanol–water partition coefficient (Wildman–Crippen LogP) is 1.33. The molecule has 5 nitrogen and oxygen atoms in total. The average molecular weight is 198 g/mol. The molecule has 0 unspecified atom stereocenters. The molecule has 0 fully saturated rings. The van der Waals surface area contributed by atoms with E-state index in [-0.39, 0.29) is 18.1 Å². The van der Waals surface area contributed by atoms with Gasteiger partial charge in [-0.1, -0.05) is 6.07 Å². The molecule has 76 valence electrons. The molecular weight excluding hydrogens is 188 g/mol. The molecule has 0 radical (unpaired) electrons. The van der Waals surface area contributed by atoms with Crippen molar-refractivity contribution < 1.29 is 24.9 Å². The topological polar surface area (TPSA) is 87.0 Å². The van der Waals surface area contributed by atoms with Crippen LogP contribution in [0.4, 0.5) is 4.79 Å². The van der Waals surface area contributed by atoms with Crippen LogP contribution in [0.3, 0.4) is 0 Å². The minimum atomic E-state index is -1.33. The molecule has 0 bridgehead atoms. The van der Waals surface area contributed by atoms with E-state index in [2.05, 4.69) is 4.74 Å². The van der Waals surface area contributed by atoms with Gasteiger partial charge in [0.25, 0.3) is 0 Å². The smallest absolute Gasteiger partial charge is 0.504 e. The lowest BCUT2D eigenvalue weighted by molar-refractivity contribution is 0.0927. The van der Waals surface area contributed by atoms with Gasteiger partial charge in [-0.05, 0) is 17.7 Å². The number of carbonyl (C=O) groups is 1. The number of hydrogen-bond acceptors (Lipinski definition) is 4. The van der Waals surface area contributed by atoms with Crippen LogP contribution in [0.1, 0.15) is 5.56 Å². The van der Waals surface area contributed by atoms with Crippen LogP contribution in [-0.4, -0.2) is 28.1 Å². The quantitative estimate of drug-likeness (QED) is 0.503. The molecule has 5 heteroatoms. The molecule has 0 aliphatic carbocycles. The van der Waals surface area contributed by atoms with E-state index in [4.69, 9.17) is 15.3 Å². The van der Waals surface area contributed by atoms with E-state index in [1.807, 2.05) is 0 Å². The summed E-state index contributed by atoms with van der Waals surface area (Å²) in [6.45, 7) is 0.0273. The SMILES string of the molecule is O=C(O)OCCc1ccc(O)c(O)c1. The van der Waals surface area contributed by atoms with Crippen molar-refractivity contribution in [3.63, 3.8) is 0 Å². The van der Waals surface area contributed by atoms with Gasteiger partial charge in [0.2, 0.25) is 0 Å². The van der Waals surface area contributed by atoms with Gasteiger partial charge >= 0.3 is 6.16 Å². The highest BCUT2D eigenvalue weighted by molar-refractivity contribution is 5.56. The van der Waals surface area contributed by atoms with Crippen LogP contribution in [0, 0.1) is 0 Å². The Hall–Kier alpha value is -1.91. The molecule has 0 atom stereocenters. The van der Waals surface area contributed by atoms with Crippen LogP contribution in [0.5, 0.6) is 11.5 Å². The van der Waals surface area contributed by atoms with Crippen molar-refractivity contribution in [3.05, 3.63) is 23.8 Å². The molecule has 0 saturated heterocycles. The molecule has 0 aliphatic rings. The van der Waals surface area contributed by atoms with Crippen LogP contribution < -0.4 is 0 Å². The van der Waals surface area contributed by atoms with Crippen molar-refractivity contribution in [2.45, 2.75) is 6.42 Å². The third-order valence-electron chi connectivity index (χ3n) is 1.66. The van der Waals surface area contributed by atoms with Crippen LogP contribution in [0.25, 0.3) is 0 Å². The highest BCUT2D eigenvalue weighted by Crippen LogP contribution is 2.24. The summed E-state index contributed by atoms with van der Waals surface area (Å²) in [5.74, 6) is -0.425. The Labute approximate surface area is 80.2 Å². The summed E-state index contributed by atoms with van der Waals surface area (Å²) in [6, 6.07) is 4.28. The number of carboxylic acid groups (broad SMARTS) is 1. The lowest BCUT2D eigenvalue weighted by atomic mass is 10.1. The van der Waals surface area contributed by atoms with Gasteiger partial charge < -0.3 is 20.1 Å². The minimum Gasteiger partial charge on any atom is -0.504 e. The Morgan fingerprint density at radius 2 is 2.00 bits per heavy atom. The molecule has 0 saturated carbocycles. The van der Waals surface area contributed by atoms with Gasteiger partial charge in [0.15, 0.2) is 11.5 Å². The second kappa shape index (κ2) is 4.36. The average Bonchev–Trinajstić information content (AvgIpc) is 2.10. The monoisotopic (exact) mass is 198 g/mol. The molecular formula is C9H10O5. The molecule has 0 aliphatic heterocycles. The van der Waals surface area contributed by atoms with Crippen molar-refractivity contribution >= 4 is 6.16 Å². The van der Waals surface area contributed by atoms with Crippen molar-refractivity contribution in [3.8, 4) is 11.5 Å². The second-order valence-electron chi connectivity index (χ2n) is 2.69. The maximum atomic E-state index is 10.00. The van der Waals surface area contributed by atoms with Crippen LogP contribution in [-0.2, 0) is 11.2 Å². The Morgan fingerprint density at radius 3 is 2.57 bits per heavy atom. The van der Waals surface area contributed by atoms with Gasteiger partial charge in [-0.15, -0.1) is 0 Å². The van der Waals surface area contributed by atoms with E-state index in [0.717, 1.165) is 0 Å². The molecule has 0 heterocycles. The third kappa shape index (κ3) is 2.85. The van der Waals surface area contributed by atoms with Crippen molar-refractivity contribution in [1.29, 1.82) is 0 Å². The van der Waals surface area contributed by atoms with Gasteiger partial charge in [0.05, 0.1) is 6.61 Å². The van der Waals surface area contributed by atoms with Gasteiger partial charge in [-0.3, -0.25) is 0 Å². The van der Waals surface area contributed by atoms with Crippen LogP contribution in [0.15, 0.2) is 18.2 Å². The Bertz CT molecular complexity index is 334. The number of phenolic OH excluding ortho intramolecular Hbond substituents is 2. The summed E-state index contributed by atoms with van der Waals surface area (Å²) in [7, 11) is 0. The maximum absolute atomic E-state index is 10.00. The lowest BCUT2D eigenvalue weighted by Crippen LogP contribution is -2.04. The van der Waals surface area contributed by atoms with Crippen molar-refractivity contribution in [1.82, 2.24) is 0 Å². The van der Waals surface area contributed by atoms with Gasteiger partial charge in [-0.25, -0.2) is 4.79 Å². The number of phenols is 2. The summed E-state index contributed by atoms with van der Waals surface area (Å²) >= 11 is 0. The first-order valence-electron chi connectivity index (χ1n) is 3.96. The molecule has 3 N–H and O–H groups in total. The molecule has 0 spiro atoms. The highest BCUT2D eigenvalue weighted by atomic mass is 16.7. The van der Waals surface area contributed by atoms with E-state index in [0.29, 0.717) is 12.0 Å². The first-order chi connectivity index (χ1) is 6.59. The number of ether oxygens (including phenoxy) is 1. The minimum absolute atomic E-state index is 0.0273. The van der Waals surface area contributed by atoms with E-state index in [9.17, 15) is 4.79 Å². The normalized spacial score (nSPS) is 9.71. The largest absolute Gasteiger partial charge is 0.505 e. The predicted molar refractivity (Wildman–Crippen MR) is 47.5 cm³/mol. The molecule has 0 aromatic heterocycles. The molecule has 14 heavy (non-hydrogen) atoms. The first kappa shape index (κ1) is 10.2. The van der Waals surface area contributed by atoms with E-state index in [1.54, 1.807) is 6.07 Å². The van der Waals surface area contributed by atoms with Crippen LogP contribution >= 0.6 is 0 Å². The van der Waals surface area contributed by atoms with Gasteiger partial charge in [0, 0.05) is 6.42 Å². The fourth-order valence-corrected chi connectivity index (χ4v) is 0.981. The summed E-state index contributed by atoms with van der Waals surface area (Å²) in [4.78, 5) is 10.00. The zero-order valence-corrected chi connectivity index (χ0v) is 7.30. The van der Waals surface area contributed by atoms with E-state index >= 15 is 0 Å². The van der Waals surface area contributed by atoms with Crippen molar-refractivity contribution in [2.24, 2.45) is 0 Å². The Kier molecular flexibility index (Phi) is 3.17. The van der Waals surface area contributed by atoms with E-state index < -0.39 is 6.16 Å². The van der Waals surface area contributed by atoms with Crippen molar-refractivity contribution in [2.75, 3.05) is 6.61 Å². The summed E-state index contributed by atoms with van der Waals surface area (Å²) < 4.78 is 4.29. The Balaban J connectivity index is 2.51. The molecule has 0 amide bonds. The fourth-order valence-electron chi connectivity index (χ4n) is 0.981. The second-order valence-corrected chi connectivity index (χ2v) is 2.69. The number of aromatic hydroxyl groups is 2.